The summed E-state index contributed by atoms with van der Waals surface area (Å²) in [6.45, 7) is 0.301. The second-order valence-electron chi connectivity index (χ2n) is 4.90. The number of nitrogens with two attached hydrogens (primary N) is 1. The first-order valence-electron chi connectivity index (χ1n) is 6.51. The topological polar surface area (TPSA) is 101 Å². The fraction of sp³-hybridized carbons (Fsp3) is 0.462. The Morgan fingerprint density at radius 1 is 1.45 bits per heavy atom. The lowest BCUT2D eigenvalue weighted by Gasteiger charge is -2.15. The van der Waals surface area contributed by atoms with E-state index in [4.69, 9.17) is 5.73 Å². The van der Waals surface area contributed by atoms with E-state index in [1.54, 1.807) is 25.2 Å². The zero-order chi connectivity index (χ0) is 14.8. The summed E-state index contributed by atoms with van der Waals surface area (Å²) in [5, 5.41) is 5.21. The van der Waals surface area contributed by atoms with E-state index in [1.165, 1.54) is 0 Å². The molecule has 6 nitrogen and oxygen atoms in total. The number of carbonyl (C=O) groups excluding carboxylic acids is 1. The Kier molecular flexibility index (Phi) is 4.17. The molecule has 110 valence electrons. The van der Waals surface area contributed by atoms with Crippen molar-refractivity contribution in [1.82, 2.24) is 5.32 Å². The van der Waals surface area contributed by atoms with Gasteiger partial charge in [-0.2, -0.15) is 0 Å². The molecule has 0 saturated carbocycles. The van der Waals surface area contributed by atoms with E-state index < -0.39 is 9.84 Å². The zero-order valence-corrected chi connectivity index (χ0v) is 12.2. The van der Waals surface area contributed by atoms with Gasteiger partial charge in [0.05, 0.1) is 16.6 Å². The third-order valence-corrected chi connectivity index (χ3v) is 5.77. The molecule has 0 aromatic heterocycles. The molecule has 20 heavy (non-hydrogen) atoms. The highest BCUT2D eigenvalue weighted by atomic mass is 32.2. The molecule has 0 spiro atoms. The predicted molar refractivity (Wildman–Crippen MR) is 79.5 cm³/mol. The van der Waals surface area contributed by atoms with Gasteiger partial charge < -0.3 is 16.4 Å². The number of carbonyl (C=O) groups is 1. The molecule has 1 aliphatic heterocycles. The lowest BCUT2D eigenvalue weighted by molar-refractivity contribution is 0.0964. The van der Waals surface area contributed by atoms with Gasteiger partial charge in [-0.1, -0.05) is 0 Å². The molecule has 2 rings (SSSR count). The van der Waals surface area contributed by atoms with Crippen LogP contribution in [0.1, 0.15) is 23.2 Å². The number of nitrogen functional groups attached to an aromatic ring is 1. The molecule has 0 aliphatic carbocycles. The fourth-order valence-corrected chi connectivity index (χ4v) is 4.12. The Labute approximate surface area is 118 Å². The summed E-state index contributed by atoms with van der Waals surface area (Å²) < 4.78 is 23.6. The Bertz CT molecular complexity index is 613. The van der Waals surface area contributed by atoms with Gasteiger partial charge in [0.15, 0.2) is 9.84 Å². The van der Waals surface area contributed by atoms with Gasteiger partial charge in [0.2, 0.25) is 0 Å². The van der Waals surface area contributed by atoms with Crippen molar-refractivity contribution in [3.05, 3.63) is 23.8 Å². The van der Waals surface area contributed by atoms with Crippen molar-refractivity contribution in [2.75, 3.05) is 30.4 Å². The lowest BCUT2D eigenvalue weighted by atomic mass is 10.1. The van der Waals surface area contributed by atoms with Crippen LogP contribution in [0, 0.1) is 0 Å². The summed E-state index contributed by atoms with van der Waals surface area (Å²) in [6.07, 6.45) is 1.36. The van der Waals surface area contributed by atoms with Crippen LogP contribution < -0.4 is 16.4 Å². The average molecular weight is 297 g/mol. The number of sulfone groups is 1. The Morgan fingerprint density at radius 2 is 2.20 bits per heavy atom. The van der Waals surface area contributed by atoms with Gasteiger partial charge in [-0.3, -0.25) is 4.79 Å². The van der Waals surface area contributed by atoms with Crippen LogP contribution in [-0.2, 0) is 9.84 Å². The molecular formula is C13H19N3O3S. The summed E-state index contributed by atoms with van der Waals surface area (Å²) in [6, 6.07) is 4.91. The largest absolute Gasteiger partial charge is 0.399 e. The molecule has 1 saturated heterocycles. The quantitative estimate of drug-likeness (QED) is 0.707. The van der Waals surface area contributed by atoms with E-state index >= 15 is 0 Å². The van der Waals surface area contributed by atoms with E-state index in [0.29, 0.717) is 36.3 Å². The van der Waals surface area contributed by atoms with Crippen molar-refractivity contribution in [2.24, 2.45) is 0 Å². The molecule has 7 heteroatoms. The van der Waals surface area contributed by atoms with E-state index in [9.17, 15) is 13.2 Å². The monoisotopic (exact) mass is 297 g/mol. The molecule has 0 radical (unpaired) electrons. The maximum Gasteiger partial charge on any atom is 0.253 e. The van der Waals surface area contributed by atoms with Crippen molar-refractivity contribution in [3.8, 4) is 0 Å². The molecule has 0 bridgehead atoms. The van der Waals surface area contributed by atoms with E-state index in [2.05, 4.69) is 10.6 Å². The smallest absolute Gasteiger partial charge is 0.253 e. The Balaban J connectivity index is 2.16. The number of rotatable bonds is 4. The zero-order valence-electron chi connectivity index (χ0n) is 11.3. The molecular weight excluding hydrogens is 278 g/mol. The summed E-state index contributed by atoms with van der Waals surface area (Å²) >= 11 is 0. The highest BCUT2D eigenvalue weighted by molar-refractivity contribution is 7.92. The molecule has 1 aliphatic rings. The first-order chi connectivity index (χ1) is 9.44. The second kappa shape index (κ2) is 5.70. The third-order valence-electron chi connectivity index (χ3n) is 3.50. The highest BCUT2D eigenvalue weighted by Crippen LogP contribution is 2.23. The SMILES string of the molecule is CNC(=O)c1ccc(N)cc1NCC1CCCS1(=O)=O. The van der Waals surface area contributed by atoms with Gasteiger partial charge in [-0.05, 0) is 31.0 Å². The number of hydrogen-bond donors (Lipinski definition) is 3. The predicted octanol–water partition coefficient (Wildman–Crippen LogP) is 0.617. The Hall–Kier alpha value is -1.76. The maximum atomic E-state index is 11.8. The molecule has 1 atom stereocenters. The number of benzene rings is 1. The van der Waals surface area contributed by atoms with Gasteiger partial charge in [0, 0.05) is 25.0 Å². The van der Waals surface area contributed by atoms with Gasteiger partial charge >= 0.3 is 0 Å². The van der Waals surface area contributed by atoms with Gasteiger partial charge in [0.25, 0.3) is 5.91 Å². The van der Waals surface area contributed by atoms with E-state index in [0.717, 1.165) is 0 Å². The highest BCUT2D eigenvalue weighted by Gasteiger charge is 2.31. The van der Waals surface area contributed by atoms with Gasteiger partial charge in [0.1, 0.15) is 0 Å². The molecule has 1 aromatic carbocycles. The van der Waals surface area contributed by atoms with Crippen LogP contribution in [0.25, 0.3) is 0 Å². The van der Waals surface area contributed by atoms with Crippen molar-refractivity contribution in [3.63, 3.8) is 0 Å². The van der Waals surface area contributed by atoms with Crippen LogP contribution in [-0.4, -0.2) is 38.9 Å². The normalized spacial score (nSPS) is 20.6. The Morgan fingerprint density at radius 3 is 2.80 bits per heavy atom. The number of hydrogen-bond acceptors (Lipinski definition) is 5. The van der Waals surface area contributed by atoms with Crippen LogP contribution in [0.15, 0.2) is 18.2 Å². The molecule has 1 amide bonds. The molecule has 1 fully saturated rings. The minimum atomic E-state index is -3.00. The number of amides is 1. The molecule has 1 heterocycles. The van der Waals surface area contributed by atoms with Gasteiger partial charge in [-0.25, -0.2) is 8.42 Å². The number of nitrogens with one attached hydrogen (secondary N) is 2. The molecule has 1 aromatic rings. The third kappa shape index (κ3) is 3.04. The molecule has 4 N–H and O–H groups in total. The van der Waals surface area contributed by atoms with Crippen LogP contribution in [0.2, 0.25) is 0 Å². The lowest BCUT2D eigenvalue weighted by Crippen LogP contribution is -2.26. The van der Waals surface area contributed by atoms with Crippen molar-refractivity contribution >= 4 is 27.1 Å². The van der Waals surface area contributed by atoms with Crippen LogP contribution in [0.4, 0.5) is 11.4 Å². The summed E-state index contributed by atoms with van der Waals surface area (Å²) in [5.74, 6) is 0.0141. The maximum absolute atomic E-state index is 11.8. The van der Waals surface area contributed by atoms with Crippen molar-refractivity contribution in [2.45, 2.75) is 18.1 Å². The summed E-state index contributed by atoms with van der Waals surface area (Å²) in [7, 11) is -1.45. The first-order valence-corrected chi connectivity index (χ1v) is 8.22. The average Bonchev–Trinajstić information content (AvgIpc) is 2.74. The standard InChI is InChI=1S/C13H19N3O3S/c1-15-13(17)11-5-4-9(14)7-12(11)16-8-10-3-2-6-20(10,18)19/h4-5,7,10,16H,2-3,6,8,14H2,1H3,(H,15,17). The first kappa shape index (κ1) is 14.6. The fourth-order valence-electron chi connectivity index (χ4n) is 2.35. The van der Waals surface area contributed by atoms with Crippen LogP contribution in [0.5, 0.6) is 0 Å². The van der Waals surface area contributed by atoms with E-state index in [-0.39, 0.29) is 16.9 Å². The van der Waals surface area contributed by atoms with Crippen LogP contribution in [0.3, 0.4) is 0 Å². The molecule has 1 unspecified atom stereocenters. The van der Waals surface area contributed by atoms with Crippen molar-refractivity contribution in [1.29, 1.82) is 0 Å². The summed E-state index contributed by atoms with van der Waals surface area (Å²) in [5.41, 5.74) is 7.26. The van der Waals surface area contributed by atoms with E-state index in [1.807, 2.05) is 0 Å². The summed E-state index contributed by atoms with van der Waals surface area (Å²) in [4.78, 5) is 11.8. The number of anilines is 2. The minimum Gasteiger partial charge on any atom is -0.399 e. The van der Waals surface area contributed by atoms with Gasteiger partial charge in [-0.15, -0.1) is 0 Å². The second-order valence-corrected chi connectivity index (χ2v) is 7.30. The van der Waals surface area contributed by atoms with Crippen molar-refractivity contribution < 1.29 is 13.2 Å². The van der Waals surface area contributed by atoms with Crippen LogP contribution >= 0.6 is 0 Å². The minimum absolute atomic E-state index is 0.234.